The molecule has 7 nitrogen and oxygen atoms in total. The summed E-state index contributed by atoms with van der Waals surface area (Å²) in [5, 5.41) is 14.6. The van der Waals surface area contributed by atoms with Crippen LogP contribution in [-0.4, -0.2) is 33.3 Å². The molecule has 1 amide bonds. The Balaban J connectivity index is 2.45. The van der Waals surface area contributed by atoms with E-state index in [-0.39, 0.29) is 0 Å². The van der Waals surface area contributed by atoms with E-state index in [4.69, 9.17) is 16.3 Å². The first-order chi connectivity index (χ1) is 9.97. The topological polar surface area (TPSA) is 81.9 Å². The molecule has 1 heterocycles. The first-order valence-corrected chi connectivity index (χ1v) is 7.51. The quantitative estimate of drug-likeness (QED) is 0.606. The van der Waals surface area contributed by atoms with Crippen molar-refractivity contribution >= 4 is 40.3 Å². The van der Waals surface area contributed by atoms with Gasteiger partial charge in [0.2, 0.25) is 3.61 Å². The lowest BCUT2D eigenvalue weighted by atomic mass is 10.0. The number of amides is 1. The van der Waals surface area contributed by atoms with E-state index >= 15 is 0 Å². The molecule has 2 unspecified atom stereocenters. The molecule has 1 N–H and O–H groups in total. The molecule has 1 aromatic carbocycles. The Morgan fingerprint density at radius 1 is 1.57 bits per heavy atom. The Kier molecular flexibility index (Phi) is 4.99. The van der Waals surface area contributed by atoms with Crippen LogP contribution in [0, 0.1) is 0 Å². The number of ether oxygens (including phenoxy) is 1. The number of aromatic nitrogens is 4. The molecule has 0 bridgehead atoms. The molecule has 9 heteroatoms. The lowest BCUT2D eigenvalue weighted by molar-refractivity contribution is 0.0485. The zero-order chi connectivity index (χ0) is 15.5. The maximum atomic E-state index is 11.7. The van der Waals surface area contributed by atoms with E-state index in [0.29, 0.717) is 5.02 Å². The molecule has 112 valence electrons. The Morgan fingerprint density at radius 3 is 2.90 bits per heavy atom. The van der Waals surface area contributed by atoms with E-state index < -0.39 is 15.7 Å². The molecule has 2 aromatic rings. The second kappa shape index (κ2) is 6.56. The van der Waals surface area contributed by atoms with Crippen LogP contribution < -0.4 is 5.32 Å². The SMILES string of the molecule is CNC(=O)OC(I)(c1cccc(Cl)c1)C(C)n1ncnn1. The maximum Gasteiger partial charge on any atom is 0.408 e. The Bertz CT molecular complexity index is 624. The van der Waals surface area contributed by atoms with Crippen LogP contribution in [0.1, 0.15) is 18.5 Å². The molecule has 21 heavy (non-hydrogen) atoms. The third-order valence-corrected chi connectivity index (χ3v) is 4.89. The van der Waals surface area contributed by atoms with Gasteiger partial charge in [0.05, 0.1) is 0 Å². The molecule has 0 aliphatic heterocycles. The molecular weight excluding hydrogens is 409 g/mol. The molecular formula is C12H13ClIN5O2. The number of hydrogen-bond acceptors (Lipinski definition) is 5. The summed E-state index contributed by atoms with van der Waals surface area (Å²) in [5.41, 5.74) is 0.726. The van der Waals surface area contributed by atoms with Crippen LogP contribution in [0.4, 0.5) is 4.79 Å². The molecule has 0 radical (unpaired) electrons. The van der Waals surface area contributed by atoms with Gasteiger partial charge in [-0.3, -0.25) is 0 Å². The van der Waals surface area contributed by atoms with Crippen molar-refractivity contribution in [1.29, 1.82) is 0 Å². The van der Waals surface area contributed by atoms with Gasteiger partial charge in [0, 0.05) is 17.6 Å². The van der Waals surface area contributed by atoms with Crippen molar-refractivity contribution in [3.8, 4) is 0 Å². The zero-order valence-corrected chi connectivity index (χ0v) is 14.2. The summed E-state index contributed by atoms with van der Waals surface area (Å²) in [6, 6.07) is 6.72. The highest BCUT2D eigenvalue weighted by Gasteiger charge is 2.42. The monoisotopic (exact) mass is 421 g/mol. The van der Waals surface area contributed by atoms with E-state index in [1.807, 2.05) is 13.0 Å². The van der Waals surface area contributed by atoms with Gasteiger partial charge in [-0.05, 0) is 46.9 Å². The number of alkyl halides is 1. The van der Waals surface area contributed by atoms with Crippen LogP contribution in [0.2, 0.25) is 5.02 Å². The van der Waals surface area contributed by atoms with Crippen molar-refractivity contribution in [2.24, 2.45) is 0 Å². The fourth-order valence-electron chi connectivity index (χ4n) is 1.77. The number of nitrogens with one attached hydrogen (secondary N) is 1. The van der Waals surface area contributed by atoms with Gasteiger partial charge in [-0.2, -0.15) is 4.80 Å². The number of alkyl carbamates (subject to hydrolysis) is 1. The van der Waals surface area contributed by atoms with E-state index in [0.717, 1.165) is 5.56 Å². The molecule has 2 rings (SSSR count). The molecule has 0 fully saturated rings. The van der Waals surface area contributed by atoms with Crippen LogP contribution in [0.15, 0.2) is 30.6 Å². The molecule has 0 aliphatic carbocycles. The van der Waals surface area contributed by atoms with Crippen molar-refractivity contribution in [1.82, 2.24) is 25.5 Å². The maximum absolute atomic E-state index is 11.7. The van der Waals surface area contributed by atoms with Gasteiger partial charge in [0.25, 0.3) is 0 Å². The van der Waals surface area contributed by atoms with E-state index in [9.17, 15) is 4.79 Å². The van der Waals surface area contributed by atoms with Crippen molar-refractivity contribution in [3.05, 3.63) is 41.2 Å². The van der Waals surface area contributed by atoms with E-state index in [1.54, 1.807) is 18.2 Å². The standard InChI is InChI=1S/C12H13ClIN5O2/c1-8(19-17-7-16-18-19)12(14,21-11(20)15-2)9-4-3-5-10(13)6-9/h3-8H,1-2H3,(H,15,20). The summed E-state index contributed by atoms with van der Waals surface area (Å²) >= 11 is 8.09. The van der Waals surface area contributed by atoms with Crippen molar-refractivity contribution in [3.63, 3.8) is 0 Å². The number of benzene rings is 1. The average Bonchev–Trinajstić information content (AvgIpc) is 3.00. The third-order valence-electron chi connectivity index (χ3n) is 2.91. The summed E-state index contributed by atoms with van der Waals surface area (Å²) in [6.45, 7) is 1.83. The predicted molar refractivity (Wildman–Crippen MR) is 85.2 cm³/mol. The Labute approximate surface area is 140 Å². The summed E-state index contributed by atoms with van der Waals surface area (Å²) in [5.74, 6) is 0. The van der Waals surface area contributed by atoms with Crippen LogP contribution in [0.5, 0.6) is 0 Å². The number of carbonyl (C=O) groups is 1. The molecule has 0 spiro atoms. The van der Waals surface area contributed by atoms with Gasteiger partial charge in [-0.1, -0.05) is 23.7 Å². The van der Waals surface area contributed by atoms with Crippen molar-refractivity contribution in [2.75, 3.05) is 7.05 Å². The minimum Gasteiger partial charge on any atom is -0.425 e. The van der Waals surface area contributed by atoms with Gasteiger partial charge in [0.15, 0.2) is 6.33 Å². The zero-order valence-electron chi connectivity index (χ0n) is 11.3. The third kappa shape index (κ3) is 3.43. The summed E-state index contributed by atoms with van der Waals surface area (Å²) < 4.78 is 4.52. The average molecular weight is 422 g/mol. The fraction of sp³-hybridized carbons (Fsp3) is 0.333. The first-order valence-electron chi connectivity index (χ1n) is 6.05. The number of hydrogen-bond donors (Lipinski definition) is 1. The van der Waals surface area contributed by atoms with Crippen LogP contribution in [0.25, 0.3) is 0 Å². The summed E-state index contributed by atoms with van der Waals surface area (Å²) in [6.07, 6.45) is 0.766. The molecule has 0 aliphatic rings. The largest absolute Gasteiger partial charge is 0.425 e. The van der Waals surface area contributed by atoms with Gasteiger partial charge in [-0.15, -0.1) is 10.2 Å². The van der Waals surface area contributed by atoms with Crippen LogP contribution in [-0.2, 0) is 8.34 Å². The minimum atomic E-state index is -1.04. The second-order valence-electron chi connectivity index (χ2n) is 4.23. The van der Waals surface area contributed by atoms with Crippen molar-refractivity contribution in [2.45, 2.75) is 16.6 Å². The van der Waals surface area contributed by atoms with Crippen LogP contribution >= 0.6 is 34.2 Å². The molecule has 2 atom stereocenters. The smallest absolute Gasteiger partial charge is 0.408 e. The number of halogens is 2. The number of nitrogens with zero attached hydrogens (tertiary/aromatic N) is 4. The second-order valence-corrected chi connectivity index (χ2v) is 6.27. The molecule has 0 saturated carbocycles. The van der Waals surface area contributed by atoms with Crippen LogP contribution in [0.3, 0.4) is 0 Å². The van der Waals surface area contributed by atoms with Crippen molar-refractivity contribution < 1.29 is 9.53 Å². The fourth-order valence-corrected chi connectivity index (χ4v) is 2.75. The lowest BCUT2D eigenvalue weighted by Crippen LogP contribution is -2.38. The number of rotatable bonds is 4. The highest BCUT2D eigenvalue weighted by atomic mass is 127. The minimum absolute atomic E-state index is 0.392. The molecule has 0 saturated heterocycles. The van der Waals surface area contributed by atoms with Gasteiger partial charge in [0.1, 0.15) is 6.04 Å². The Morgan fingerprint density at radius 2 is 2.33 bits per heavy atom. The Hall–Kier alpha value is -1.42. The predicted octanol–water partition coefficient (Wildman–Crippen LogP) is 2.53. The summed E-state index contributed by atoms with van der Waals surface area (Å²) in [7, 11) is 1.50. The highest BCUT2D eigenvalue weighted by Crippen LogP contribution is 2.43. The van der Waals surface area contributed by atoms with E-state index in [2.05, 4.69) is 43.3 Å². The van der Waals surface area contributed by atoms with Gasteiger partial charge < -0.3 is 10.1 Å². The normalized spacial score (nSPS) is 15.0. The van der Waals surface area contributed by atoms with Gasteiger partial charge >= 0.3 is 6.09 Å². The summed E-state index contributed by atoms with van der Waals surface area (Å²) in [4.78, 5) is 13.1. The van der Waals surface area contributed by atoms with Gasteiger partial charge in [-0.25, -0.2) is 4.79 Å². The molecule has 1 aromatic heterocycles. The first kappa shape index (κ1) is 16.0. The van der Waals surface area contributed by atoms with E-state index in [1.165, 1.54) is 18.2 Å². The highest BCUT2D eigenvalue weighted by molar-refractivity contribution is 14.1. The lowest BCUT2D eigenvalue weighted by Gasteiger charge is -2.32. The number of carbonyl (C=O) groups excluding carboxylic acids is 1. The number of tetrazole rings is 1.